The van der Waals surface area contributed by atoms with Crippen LogP contribution in [-0.2, 0) is 16.1 Å². The average Bonchev–Trinajstić information content (AvgIpc) is 3.17. The number of rotatable bonds is 9. The predicted molar refractivity (Wildman–Crippen MR) is 136 cm³/mol. The molecule has 1 aliphatic rings. The van der Waals surface area contributed by atoms with Gasteiger partial charge in [0.25, 0.3) is 11.7 Å². The van der Waals surface area contributed by atoms with Gasteiger partial charge in [-0.2, -0.15) is 0 Å². The molecule has 192 valence electrons. The lowest BCUT2D eigenvalue weighted by atomic mass is 9.94. The molecule has 37 heavy (non-hydrogen) atoms. The van der Waals surface area contributed by atoms with E-state index in [1.54, 1.807) is 54.9 Å². The number of hydrogen-bond acceptors (Lipinski definition) is 8. The van der Waals surface area contributed by atoms with E-state index in [1.807, 2.05) is 13.0 Å². The van der Waals surface area contributed by atoms with Crippen LogP contribution in [0.15, 0.2) is 66.5 Å². The lowest BCUT2D eigenvalue weighted by Gasteiger charge is -2.26. The number of methoxy groups -OCH3 is 3. The normalized spacial score (nSPS) is 16.5. The third-order valence-corrected chi connectivity index (χ3v) is 6.04. The Kier molecular flexibility index (Phi) is 7.62. The van der Waals surface area contributed by atoms with Crippen LogP contribution in [0.4, 0.5) is 0 Å². The molecule has 1 aliphatic heterocycles. The van der Waals surface area contributed by atoms with Gasteiger partial charge in [-0.15, -0.1) is 0 Å². The summed E-state index contributed by atoms with van der Waals surface area (Å²) in [6.07, 6.45) is 3.25. The Labute approximate surface area is 214 Å². The molecule has 9 heteroatoms. The molecule has 4 rings (SSSR count). The van der Waals surface area contributed by atoms with Gasteiger partial charge in [-0.3, -0.25) is 14.6 Å². The molecule has 1 N–H and O–H groups in total. The maximum absolute atomic E-state index is 13.4. The smallest absolute Gasteiger partial charge is 0.295 e. The number of pyridine rings is 1. The number of likely N-dealkylation sites (tertiary alicyclic amines) is 1. The topological polar surface area (TPSA) is 107 Å². The van der Waals surface area contributed by atoms with Gasteiger partial charge in [0.1, 0.15) is 11.5 Å². The number of hydrogen-bond donors (Lipinski definition) is 1. The van der Waals surface area contributed by atoms with E-state index in [9.17, 15) is 14.7 Å². The highest BCUT2D eigenvalue weighted by Crippen LogP contribution is 2.46. The number of amides is 1. The second-order valence-electron chi connectivity index (χ2n) is 8.21. The van der Waals surface area contributed by atoms with Crippen molar-refractivity contribution in [3.8, 4) is 23.0 Å². The zero-order valence-corrected chi connectivity index (χ0v) is 21.1. The SMILES string of the molecule is CCOc1cccc(C(O)=C2C(=O)C(=O)N(Cc3cccnc3)C2c2cc(OC)c(OC)c(OC)c2)c1. The molecule has 2 heterocycles. The summed E-state index contributed by atoms with van der Waals surface area (Å²) in [5, 5.41) is 11.4. The first-order chi connectivity index (χ1) is 17.9. The van der Waals surface area contributed by atoms with Crippen LogP contribution >= 0.6 is 0 Å². The summed E-state index contributed by atoms with van der Waals surface area (Å²) in [4.78, 5) is 32.3. The van der Waals surface area contributed by atoms with Crippen LogP contribution < -0.4 is 18.9 Å². The average molecular weight is 505 g/mol. The Morgan fingerprint density at radius 2 is 1.73 bits per heavy atom. The second kappa shape index (κ2) is 11.0. The van der Waals surface area contributed by atoms with Gasteiger partial charge in [-0.25, -0.2) is 0 Å². The summed E-state index contributed by atoms with van der Waals surface area (Å²) in [6.45, 7) is 2.38. The van der Waals surface area contributed by atoms with E-state index >= 15 is 0 Å². The second-order valence-corrected chi connectivity index (χ2v) is 8.21. The van der Waals surface area contributed by atoms with Crippen molar-refractivity contribution >= 4 is 17.4 Å². The van der Waals surface area contributed by atoms with Gasteiger partial charge < -0.3 is 29.0 Å². The van der Waals surface area contributed by atoms with Crippen molar-refractivity contribution in [2.75, 3.05) is 27.9 Å². The minimum absolute atomic E-state index is 0.0585. The fourth-order valence-corrected chi connectivity index (χ4v) is 4.39. The van der Waals surface area contributed by atoms with Crippen LogP contribution in [0.1, 0.15) is 29.7 Å². The van der Waals surface area contributed by atoms with Gasteiger partial charge in [-0.05, 0) is 48.4 Å². The van der Waals surface area contributed by atoms with E-state index in [-0.39, 0.29) is 17.9 Å². The first-order valence-corrected chi connectivity index (χ1v) is 11.6. The largest absolute Gasteiger partial charge is 0.507 e. The van der Waals surface area contributed by atoms with Gasteiger partial charge in [0.15, 0.2) is 11.5 Å². The Hall–Kier alpha value is -4.53. The summed E-state index contributed by atoms with van der Waals surface area (Å²) < 4.78 is 22.0. The summed E-state index contributed by atoms with van der Waals surface area (Å²) in [7, 11) is 4.44. The highest BCUT2D eigenvalue weighted by Gasteiger charge is 2.46. The molecule has 9 nitrogen and oxygen atoms in total. The molecule has 1 saturated heterocycles. The quantitative estimate of drug-likeness (QED) is 0.263. The number of aliphatic hydroxyl groups is 1. The Morgan fingerprint density at radius 1 is 1.00 bits per heavy atom. The molecule has 0 bridgehead atoms. The van der Waals surface area contributed by atoms with Gasteiger partial charge in [0.2, 0.25) is 5.75 Å². The van der Waals surface area contributed by atoms with Crippen LogP contribution in [-0.4, -0.2) is 54.6 Å². The van der Waals surface area contributed by atoms with E-state index in [0.29, 0.717) is 40.7 Å². The number of benzene rings is 2. The molecule has 1 unspecified atom stereocenters. The Balaban J connectivity index is 1.93. The molecular weight excluding hydrogens is 476 g/mol. The highest BCUT2D eigenvalue weighted by atomic mass is 16.5. The van der Waals surface area contributed by atoms with Crippen molar-refractivity contribution in [2.45, 2.75) is 19.5 Å². The van der Waals surface area contributed by atoms with Crippen molar-refractivity contribution in [3.63, 3.8) is 0 Å². The highest BCUT2D eigenvalue weighted by molar-refractivity contribution is 6.46. The van der Waals surface area contributed by atoms with E-state index < -0.39 is 17.7 Å². The van der Waals surface area contributed by atoms with Gasteiger partial charge in [-0.1, -0.05) is 18.2 Å². The standard InChI is InChI=1S/C28H28N2O7/c1-5-37-20-10-6-9-18(12-20)25(31)23-24(19-13-21(34-2)27(36-4)22(14-19)35-3)30(28(33)26(23)32)16-17-8-7-11-29-15-17/h6-15,24,31H,5,16H2,1-4H3. The van der Waals surface area contributed by atoms with Crippen molar-refractivity contribution < 1.29 is 33.6 Å². The van der Waals surface area contributed by atoms with Crippen molar-refractivity contribution in [1.29, 1.82) is 0 Å². The maximum Gasteiger partial charge on any atom is 0.295 e. The summed E-state index contributed by atoms with van der Waals surface area (Å²) in [6, 6.07) is 12.7. The zero-order chi connectivity index (χ0) is 26.5. The maximum atomic E-state index is 13.4. The minimum atomic E-state index is -0.940. The third kappa shape index (κ3) is 4.93. The Bertz CT molecular complexity index is 1310. The number of aromatic nitrogens is 1. The molecule has 1 atom stereocenters. The van der Waals surface area contributed by atoms with E-state index in [4.69, 9.17) is 18.9 Å². The molecule has 3 aromatic rings. The van der Waals surface area contributed by atoms with E-state index in [2.05, 4.69) is 4.98 Å². The third-order valence-electron chi connectivity index (χ3n) is 6.04. The molecular formula is C28H28N2O7. The van der Waals surface area contributed by atoms with Gasteiger partial charge in [0.05, 0.1) is 39.6 Å². The summed E-state index contributed by atoms with van der Waals surface area (Å²) >= 11 is 0. The zero-order valence-electron chi connectivity index (χ0n) is 21.1. The van der Waals surface area contributed by atoms with E-state index in [1.165, 1.54) is 26.2 Å². The van der Waals surface area contributed by atoms with Crippen molar-refractivity contribution in [2.24, 2.45) is 0 Å². The van der Waals surface area contributed by atoms with Gasteiger partial charge >= 0.3 is 0 Å². The number of ether oxygens (including phenoxy) is 4. The molecule has 1 fully saturated rings. The van der Waals surface area contributed by atoms with Crippen LogP contribution in [0.5, 0.6) is 23.0 Å². The van der Waals surface area contributed by atoms with Crippen molar-refractivity contribution in [1.82, 2.24) is 9.88 Å². The molecule has 0 saturated carbocycles. The van der Waals surface area contributed by atoms with Crippen LogP contribution in [0, 0.1) is 0 Å². The number of Topliss-reactive ketones (excluding diaryl/α,β-unsaturated/α-hetero) is 1. The lowest BCUT2D eigenvalue weighted by molar-refractivity contribution is -0.140. The monoisotopic (exact) mass is 504 g/mol. The molecule has 1 aromatic heterocycles. The summed E-state index contributed by atoms with van der Waals surface area (Å²) in [5.74, 6) is -0.272. The molecule has 2 aromatic carbocycles. The van der Waals surface area contributed by atoms with Crippen molar-refractivity contribution in [3.05, 3.63) is 83.2 Å². The summed E-state index contributed by atoms with van der Waals surface area (Å²) in [5.41, 5.74) is 1.51. The van der Waals surface area contributed by atoms with Crippen LogP contribution in [0.3, 0.4) is 0 Å². The van der Waals surface area contributed by atoms with Crippen LogP contribution in [0.2, 0.25) is 0 Å². The first-order valence-electron chi connectivity index (χ1n) is 11.6. The number of carbonyl (C=O) groups excluding carboxylic acids is 2. The number of ketones is 1. The van der Waals surface area contributed by atoms with Crippen LogP contribution in [0.25, 0.3) is 5.76 Å². The first kappa shape index (κ1) is 25.6. The predicted octanol–water partition coefficient (Wildman–Crippen LogP) is 4.13. The van der Waals surface area contributed by atoms with E-state index in [0.717, 1.165) is 5.56 Å². The number of carbonyl (C=O) groups is 2. The van der Waals surface area contributed by atoms with Gasteiger partial charge in [0, 0.05) is 24.5 Å². The molecule has 0 spiro atoms. The lowest BCUT2D eigenvalue weighted by Crippen LogP contribution is -2.29. The molecule has 0 radical (unpaired) electrons. The molecule has 1 amide bonds. The Morgan fingerprint density at radius 3 is 2.32 bits per heavy atom. The molecule has 0 aliphatic carbocycles. The minimum Gasteiger partial charge on any atom is -0.507 e. The fraction of sp³-hybridized carbons (Fsp3) is 0.250. The number of aliphatic hydroxyl groups excluding tert-OH is 1. The number of nitrogens with zero attached hydrogens (tertiary/aromatic N) is 2. The fourth-order valence-electron chi connectivity index (χ4n) is 4.39.